The molecule has 1 aromatic carbocycles. The van der Waals surface area contributed by atoms with Gasteiger partial charge in [0, 0.05) is 24.8 Å². The zero-order valence-electron chi connectivity index (χ0n) is 16.4. The Morgan fingerprint density at radius 2 is 2.10 bits per heavy atom. The van der Waals surface area contributed by atoms with E-state index in [1.165, 1.54) is 11.9 Å². The van der Waals surface area contributed by atoms with E-state index in [1.54, 1.807) is 41.0 Å². The molecule has 3 aromatic heterocycles. The lowest BCUT2D eigenvalue weighted by molar-refractivity contribution is -0.135. The number of aryl methyl sites for hydroxylation is 1. The molecule has 0 bridgehead atoms. The third kappa shape index (κ3) is 3.17. The van der Waals surface area contributed by atoms with Crippen LogP contribution in [0.4, 0.5) is 10.1 Å². The van der Waals surface area contributed by atoms with E-state index in [-0.39, 0.29) is 13.2 Å². The second-order valence-electron chi connectivity index (χ2n) is 7.03. The largest absolute Gasteiger partial charge is 0.494 e. The minimum atomic E-state index is -1.44. The average molecular weight is 426 g/mol. The number of hydrogen-bond acceptors (Lipinski definition) is 7. The highest BCUT2D eigenvalue weighted by molar-refractivity contribution is 8.00. The van der Waals surface area contributed by atoms with Gasteiger partial charge in [0.15, 0.2) is 11.5 Å². The highest BCUT2D eigenvalue weighted by Crippen LogP contribution is 2.36. The first-order valence-electron chi connectivity index (χ1n) is 9.27. The molecule has 0 amide bonds. The van der Waals surface area contributed by atoms with Crippen molar-refractivity contribution in [2.45, 2.75) is 10.6 Å². The third-order valence-corrected chi connectivity index (χ3v) is 5.83. The molecule has 1 N–H and O–H groups in total. The van der Waals surface area contributed by atoms with E-state index >= 15 is 0 Å². The molecule has 1 saturated heterocycles. The minimum Gasteiger partial charge on any atom is -0.494 e. The maximum absolute atomic E-state index is 14.6. The van der Waals surface area contributed by atoms with Crippen LogP contribution in [0.1, 0.15) is 5.56 Å². The van der Waals surface area contributed by atoms with Crippen LogP contribution >= 0.6 is 11.9 Å². The second-order valence-corrected chi connectivity index (χ2v) is 7.91. The Hall–Kier alpha value is -3.11. The third-order valence-electron chi connectivity index (χ3n) is 5.07. The van der Waals surface area contributed by atoms with Crippen LogP contribution in [0, 0.1) is 0 Å². The van der Waals surface area contributed by atoms with Gasteiger partial charge in [0.1, 0.15) is 11.4 Å². The highest BCUT2D eigenvalue weighted by atomic mass is 32.2. The van der Waals surface area contributed by atoms with Crippen molar-refractivity contribution in [1.82, 2.24) is 24.5 Å². The Balaban J connectivity index is 1.38. The summed E-state index contributed by atoms with van der Waals surface area (Å²) < 4.78 is 31.9. The summed E-state index contributed by atoms with van der Waals surface area (Å²) in [5.41, 5.74) is 0.883. The number of halogens is 1. The van der Waals surface area contributed by atoms with Crippen molar-refractivity contribution in [2.75, 3.05) is 25.0 Å². The molecule has 1 aliphatic rings. The zero-order chi connectivity index (χ0) is 20.7. The summed E-state index contributed by atoms with van der Waals surface area (Å²) in [5, 5.41) is 9.70. The van der Waals surface area contributed by atoms with Crippen LogP contribution in [0.3, 0.4) is 0 Å². The quantitative estimate of drug-likeness (QED) is 0.473. The second kappa shape index (κ2) is 7.29. The number of nitrogens with zero attached hydrogens (tertiary/aromatic N) is 5. The predicted octanol–water partition coefficient (Wildman–Crippen LogP) is 3.48. The predicted molar refractivity (Wildman–Crippen MR) is 112 cm³/mol. The molecule has 5 rings (SSSR count). The van der Waals surface area contributed by atoms with E-state index in [1.807, 2.05) is 31.6 Å². The van der Waals surface area contributed by atoms with Gasteiger partial charge in [0.25, 0.3) is 0 Å². The van der Waals surface area contributed by atoms with E-state index < -0.39 is 5.67 Å². The van der Waals surface area contributed by atoms with Gasteiger partial charge in [-0.3, -0.25) is 4.68 Å². The number of alkyl halides is 1. The molecule has 30 heavy (non-hydrogen) atoms. The van der Waals surface area contributed by atoms with Crippen molar-refractivity contribution in [3.05, 3.63) is 54.6 Å². The van der Waals surface area contributed by atoms with Crippen molar-refractivity contribution >= 4 is 28.5 Å². The normalized spacial score (nSPS) is 15.2. The Morgan fingerprint density at radius 1 is 1.23 bits per heavy atom. The molecule has 0 spiro atoms. The standard InChI is InChI=1S/C20H19FN6O2S/c1-26-19-13(8-23-26)3-4-16(28-2)18(19)25-30-15-9-24-27(10-15)17-7-14(5-6-22-17)20(21)11-29-12-20/h3-10,25H,11-12H2,1-2H3. The van der Waals surface area contributed by atoms with Gasteiger partial charge in [-0.1, -0.05) is 0 Å². The summed E-state index contributed by atoms with van der Waals surface area (Å²) in [7, 11) is 3.52. The number of pyridine rings is 1. The number of ether oxygens (including phenoxy) is 2. The zero-order valence-corrected chi connectivity index (χ0v) is 17.2. The van der Waals surface area contributed by atoms with Crippen molar-refractivity contribution in [1.29, 1.82) is 0 Å². The minimum absolute atomic E-state index is 0.0714. The Morgan fingerprint density at radius 3 is 2.87 bits per heavy atom. The van der Waals surface area contributed by atoms with E-state index in [9.17, 15) is 4.39 Å². The van der Waals surface area contributed by atoms with E-state index in [2.05, 4.69) is 19.9 Å². The number of anilines is 1. The molecule has 10 heteroatoms. The fourth-order valence-electron chi connectivity index (χ4n) is 3.38. The Bertz CT molecular complexity index is 1220. The van der Waals surface area contributed by atoms with Gasteiger partial charge in [-0.05, 0) is 41.8 Å². The Kier molecular flexibility index (Phi) is 4.59. The van der Waals surface area contributed by atoms with Gasteiger partial charge in [0.05, 0.1) is 43.1 Å². The number of benzene rings is 1. The number of hydrogen-bond donors (Lipinski definition) is 1. The maximum atomic E-state index is 14.6. The fourth-order valence-corrected chi connectivity index (χ4v) is 4.05. The molecule has 8 nitrogen and oxygen atoms in total. The summed E-state index contributed by atoms with van der Waals surface area (Å²) in [6, 6.07) is 7.26. The summed E-state index contributed by atoms with van der Waals surface area (Å²) in [6.45, 7) is 0.143. The Labute approximate surface area is 176 Å². The number of methoxy groups -OCH3 is 1. The molecule has 0 unspecified atom stereocenters. The summed E-state index contributed by atoms with van der Waals surface area (Å²) in [4.78, 5) is 5.18. The summed E-state index contributed by atoms with van der Waals surface area (Å²) in [5.74, 6) is 1.27. The lowest BCUT2D eigenvalue weighted by Crippen LogP contribution is -2.42. The molecule has 4 heterocycles. The maximum Gasteiger partial charge on any atom is 0.182 e. The van der Waals surface area contributed by atoms with Gasteiger partial charge in [-0.2, -0.15) is 10.2 Å². The van der Waals surface area contributed by atoms with E-state index in [4.69, 9.17) is 9.47 Å². The van der Waals surface area contributed by atoms with Crippen LogP contribution in [0.2, 0.25) is 0 Å². The van der Waals surface area contributed by atoms with Crippen LogP contribution in [0.15, 0.2) is 53.9 Å². The van der Waals surface area contributed by atoms with Crippen molar-refractivity contribution < 1.29 is 13.9 Å². The van der Waals surface area contributed by atoms with Crippen LogP contribution in [-0.4, -0.2) is 44.9 Å². The molecule has 1 aliphatic heterocycles. The molecule has 0 saturated carbocycles. The molecule has 4 aromatic rings. The van der Waals surface area contributed by atoms with Crippen LogP contribution < -0.4 is 9.46 Å². The summed E-state index contributed by atoms with van der Waals surface area (Å²) in [6.07, 6.45) is 6.96. The smallest absolute Gasteiger partial charge is 0.182 e. The fraction of sp³-hybridized carbons (Fsp3) is 0.250. The van der Waals surface area contributed by atoms with Crippen molar-refractivity contribution in [2.24, 2.45) is 7.05 Å². The number of rotatable bonds is 6. The number of fused-ring (bicyclic) bond motifs is 1. The molecule has 154 valence electrons. The lowest BCUT2D eigenvalue weighted by Gasteiger charge is -2.34. The van der Waals surface area contributed by atoms with Gasteiger partial charge in [0.2, 0.25) is 0 Å². The SMILES string of the molecule is COc1ccc2cnn(C)c2c1NSc1cnn(-c2cc(C3(F)COC3)ccn2)c1. The van der Waals surface area contributed by atoms with E-state index in [0.717, 1.165) is 27.2 Å². The van der Waals surface area contributed by atoms with Gasteiger partial charge < -0.3 is 14.2 Å². The molecule has 0 atom stereocenters. The van der Waals surface area contributed by atoms with Crippen LogP contribution in [-0.2, 0) is 17.5 Å². The van der Waals surface area contributed by atoms with Crippen molar-refractivity contribution in [3.8, 4) is 11.6 Å². The van der Waals surface area contributed by atoms with Gasteiger partial charge in [-0.25, -0.2) is 14.1 Å². The molecule has 0 radical (unpaired) electrons. The highest BCUT2D eigenvalue weighted by Gasteiger charge is 2.40. The first kappa shape index (κ1) is 18.9. The van der Waals surface area contributed by atoms with Gasteiger partial charge in [-0.15, -0.1) is 0 Å². The van der Waals surface area contributed by atoms with Crippen molar-refractivity contribution in [3.63, 3.8) is 0 Å². The molecule has 0 aliphatic carbocycles. The topological polar surface area (TPSA) is 79.0 Å². The first-order chi connectivity index (χ1) is 14.6. The van der Waals surface area contributed by atoms with Crippen LogP contribution in [0.25, 0.3) is 16.7 Å². The van der Waals surface area contributed by atoms with Gasteiger partial charge >= 0.3 is 0 Å². The first-order valence-corrected chi connectivity index (χ1v) is 10.1. The monoisotopic (exact) mass is 426 g/mol. The average Bonchev–Trinajstić information content (AvgIpc) is 3.37. The number of nitrogens with one attached hydrogen (secondary N) is 1. The lowest BCUT2D eigenvalue weighted by atomic mass is 9.95. The molecular weight excluding hydrogens is 407 g/mol. The number of aromatic nitrogens is 5. The molecule has 1 fully saturated rings. The van der Waals surface area contributed by atoms with Crippen LogP contribution in [0.5, 0.6) is 5.75 Å². The summed E-state index contributed by atoms with van der Waals surface area (Å²) >= 11 is 1.39. The molecular formula is C20H19FN6O2S. The van der Waals surface area contributed by atoms with E-state index in [0.29, 0.717) is 11.4 Å².